The molecule has 0 saturated carbocycles. The van der Waals surface area contributed by atoms with Gasteiger partial charge >= 0.3 is 5.97 Å². The lowest BCUT2D eigenvalue weighted by Gasteiger charge is -2.21. The summed E-state index contributed by atoms with van der Waals surface area (Å²) in [4.78, 5) is 13.1. The first-order chi connectivity index (χ1) is 12.3. The van der Waals surface area contributed by atoms with Crippen molar-refractivity contribution in [3.05, 3.63) is 36.6 Å². The Morgan fingerprint density at radius 3 is 2.73 bits per heavy atom. The van der Waals surface area contributed by atoms with Crippen LogP contribution in [0.1, 0.15) is 58.5 Å². The van der Waals surface area contributed by atoms with Crippen LogP contribution in [0.3, 0.4) is 0 Å². The smallest absolute Gasteiger partial charge is 0.339 e. The molecule has 1 aromatic heterocycles. The van der Waals surface area contributed by atoms with Gasteiger partial charge in [-0.2, -0.15) is 0 Å². The van der Waals surface area contributed by atoms with E-state index in [1.54, 1.807) is 6.07 Å². The second-order valence-corrected chi connectivity index (χ2v) is 9.08. The first-order valence-corrected chi connectivity index (χ1v) is 10.8. The summed E-state index contributed by atoms with van der Waals surface area (Å²) in [5.74, 6) is -0.762. The molecule has 2 aromatic rings. The van der Waals surface area contributed by atoms with Gasteiger partial charge in [-0.3, -0.25) is 0 Å². The molecule has 8 heteroatoms. The Kier molecular flexibility index (Phi) is 5.84. The van der Waals surface area contributed by atoms with Crippen LogP contribution in [-0.2, 0) is 13.0 Å². The van der Waals surface area contributed by atoms with E-state index < -0.39 is 5.97 Å². The second kappa shape index (κ2) is 7.78. The number of nitrogens with one attached hydrogen (secondary N) is 1. The molecule has 26 heavy (non-hydrogen) atoms. The highest BCUT2D eigenvalue weighted by atomic mass is 79.9. The Balaban J connectivity index is 1.94. The quantitative estimate of drug-likeness (QED) is 0.411. The number of benzene rings is 1. The predicted molar refractivity (Wildman–Crippen MR) is 110 cm³/mol. The predicted octanol–water partition coefficient (Wildman–Crippen LogP) is 5.82. The molecule has 1 aliphatic rings. The summed E-state index contributed by atoms with van der Waals surface area (Å²) in [6.07, 6.45) is 3.96. The molecule has 4 N–H and O–H groups in total. The number of carbonyl (C=O) groups is 1. The fraction of sp³-hybridized carbons (Fsp3) is 0.389. The van der Waals surface area contributed by atoms with Crippen molar-refractivity contribution in [2.45, 2.75) is 45.1 Å². The molecule has 0 aliphatic heterocycles. The van der Waals surface area contributed by atoms with E-state index in [9.17, 15) is 20.1 Å². The Labute approximate surface area is 172 Å². The molecule has 0 radical (unpaired) electrons. The number of hydrogen-bond donors (Lipinski definition) is 4. The van der Waals surface area contributed by atoms with Crippen LogP contribution in [0.25, 0.3) is 0 Å². The monoisotopic (exact) mass is 503 g/mol. The lowest BCUT2D eigenvalue weighted by molar-refractivity contribution is 0.0696. The van der Waals surface area contributed by atoms with Gasteiger partial charge in [0.1, 0.15) is 21.0 Å². The minimum Gasteiger partial charge on any atom is -0.506 e. The lowest BCUT2D eigenvalue weighted by Crippen LogP contribution is -2.12. The number of aromatic hydroxyl groups is 2. The number of phenolic OH excluding ortho intramolecular Hbond substituents is 2. The third kappa shape index (κ3) is 3.46. The summed E-state index contributed by atoms with van der Waals surface area (Å²) in [5.41, 5.74) is 1.90. The van der Waals surface area contributed by atoms with Gasteiger partial charge in [0, 0.05) is 17.0 Å². The highest BCUT2D eigenvalue weighted by molar-refractivity contribution is 9.11. The molecule has 0 amide bonds. The molecular formula is C18H19Br2NO4S. The van der Waals surface area contributed by atoms with Gasteiger partial charge in [-0.05, 0) is 75.1 Å². The summed E-state index contributed by atoms with van der Waals surface area (Å²) < 4.78 is 0.660. The summed E-state index contributed by atoms with van der Waals surface area (Å²) in [6.45, 7) is 2.35. The fourth-order valence-electron chi connectivity index (χ4n) is 3.46. The van der Waals surface area contributed by atoms with Crippen LogP contribution >= 0.6 is 43.2 Å². The summed E-state index contributed by atoms with van der Waals surface area (Å²) in [6, 6.07) is 1.62. The van der Waals surface area contributed by atoms with Crippen molar-refractivity contribution < 1.29 is 20.1 Å². The van der Waals surface area contributed by atoms with Gasteiger partial charge in [0.25, 0.3) is 0 Å². The van der Waals surface area contributed by atoms with E-state index in [1.807, 2.05) is 0 Å². The number of thiophene rings is 1. The Bertz CT molecular complexity index is 866. The van der Waals surface area contributed by atoms with Crippen LogP contribution in [-0.4, -0.2) is 21.3 Å². The normalized spacial score (nSPS) is 16.3. The molecule has 0 saturated heterocycles. The van der Waals surface area contributed by atoms with Crippen molar-refractivity contribution in [3.63, 3.8) is 0 Å². The van der Waals surface area contributed by atoms with Crippen LogP contribution < -0.4 is 5.32 Å². The van der Waals surface area contributed by atoms with E-state index in [-0.39, 0.29) is 22.5 Å². The Morgan fingerprint density at radius 1 is 1.35 bits per heavy atom. The minimum absolute atomic E-state index is 0.0668. The number of anilines is 1. The molecule has 1 atom stereocenters. The topological polar surface area (TPSA) is 89.8 Å². The first kappa shape index (κ1) is 19.5. The van der Waals surface area contributed by atoms with Gasteiger partial charge in [0.15, 0.2) is 0 Å². The lowest BCUT2D eigenvalue weighted by atomic mass is 9.83. The number of phenols is 2. The Hall–Kier alpha value is -1.25. The average Bonchev–Trinajstić information content (AvgIpc) is 3.00. The number of halogens is 2. The van der Waals surface area contributed by atoms with Gasteiger partial charge in [0.2, 0.25) is 0 Å². The van der Waals surface area contributed by atoms with Crippen molar-refractivity contribution >= 4 is 54.2 Å². The van der Waals surface area contributed by atoms with Gasteiger partial charge in [-0.1, -0.05) is 6.92 Å². The molecule has 5 nitrogen and oxygen atoms in total. The van der Waals surface area contributed by atoms with Gasteiger partial charge in [-0.15, -0.1) is 11.3 Å². The van der Waals surface area contributed by atoms with E-state index in [1.165, 1.54) is 11.3 Å². The molecule has 1 aromatic carbocycles. The number of aryl methyl sites for hydroxylation is 1. The third-order valence-electron chi connectivity index (χ3n) is 4.78. The highest BCUT2D eigenvalue weighted by Gasteiger charge is 2.30. The molecule has 1 aliphatic carbocycles. The van der Waals surface area contributed by atoms with E-state index >= 15 is 0 Å². The molecule has 3 rings (SSSR count). The summed E-state index contributed by atoms with van der Waals surface area (Å²) in [5, 5.41) is 33.6. The van der Waals surface area contributed by atoms with E-state index in [4.69, 9.17) is 0 Å². The van der Waals surface area contributed by atoms with E-state index in [0.29, 0.717) is 26.5 Å². The number of carboxylic acid groups (broad SMARTS) is 1. The fourth-order valence-corrected chi connectivity index (χ4v) is 5.99. The van der Waals surface area contributed by atoms with E-state index in [2.05, 4.69) is 44.1 Å². The summed E-state index contributed by atoms with van der Waals surface area (Å²) in [7, 11) is 0. The van der Waals surface area contributed by atoms with Gasteiger partial charge in [0.05, 0.1) is 10.0 Å². The number of aromatic carboxylic acids is 1. The third-order valence-corrected chi connectivity index (χ3v) is 7.36. The molecule has 1 unspecified atom stereocenters. The number of carboxylic acids is 1. The summed E-state index contributed by atoms with van der Waals surface area (Å²) >= 11 is 7.91. The van der Waals surface area contributed by atoms with Crippen LogP contribution in [0.2, 0.25) is 0 Å². The average molecular weight is 505 g/mol. The zero-order valence-electron chi connectivity index (χ0n) is 14.1. The SMILES string of the molecule is CCC1CCCc2sc(NCc3cc(Br)c(O)c(Br)c3O)c(C(=O)O)c21. The van der Waals surface area contributed by atoms with Crippen LogP contribution in [0.15, 0.2) is 15.0 Å². The van der Waals surface area contributed by atoms with Crippen LogP contribution in [0.5, 0.6) is 11.5 Å². The maximum absolute atomic E-state index is 11.9. The number of fused-ring (bicyclic) bond motifs is 1. The zero-order chi connectivity index (χ0) is 19.0. The van der Waals surface area contributed by atoms with Crippen molar-refractivity contribution in [1.29, 1.82) is 0 Å². The molecule has 0 bridgehead atoms. The highest BCUT2D eigenvalue weighted by Crippen LogP contribution is 2.46. The van der Waals surface area contributed by atoms with Gasteiger partial charge in [-0.25, -0.2) is 4.79 Å². The standard InChI is InChI=1S/C18H19Br2NO4S/c1-2-8-4-3-5-11-12(8)13(18(24)25)17(26-11)21-7-9-6-10(19)16(23)14(20)15(9)22/h6,8,21-23H,2-5,7H2,1H3,(H,24,25). The molecular weight excluding hydrogens is 486 g/mol. The maximum Gasteiger partial charge on any atom is 0.339 e. The van der Waals surface area contributed by atoms with Gasteiger partial charge < -0.3 is 20.6 Å². The largest absolute Gasteiger partial charge is 0.506 e. The van der Waals surface area contributed by atoms with Crippen molar-refractivity contribution in [1.82, 2.24) is 0 Å². The number of hydrogen-bond acceptors (Lipinski definition) is 5. The molecule has 1 heterocycles. The van der Waals surface area contributed by atoms with Crippen molar-refractivity contribution in [2.24, 2.45) is 0 Å². The Morgan fingerprint density at radius 2 is 2.08 bits per heavy atom. The molecule has 0 spiro atoms. The second-order valence-electron chi connectivity index (χ2n) is 6.33. The minimum atomic E-state index is -0.914. The molecule has 140 valence electrons. The zero-order valence-corrected chi connectivity index (χ0v) is 18.1. The van der Waals surface area contributed by atoms with Crippen molar-refractivity contribution in [2.75, 3.05) is 5.32 Å². The van der Waals surface area contributed by atoms with Crippen molar-refractivity contribution in [3.8, 4) is 11.5 Å². The number of rotatable bonds is 5. The maximum atomic E-state index is 11.9. The van der Waals surface area contributed by atoms with Crippen LogP contribution in [0.4, 0.5) is 5.00 Å². The molecule has 0 fully saturated rings. The van der Waals surface area contributed by atoms with Crippen LogP contribution in [0, 0.1) is 0 Å². The first-order valence-electron chi connectivity index (χ1n) is 8.36. The van der Waals surface area contributed by atoms with E-state index in [0.717, 1.165) is 36.1 Å².